The summed E-state index contributed by atoms with van der Waals surface area (Å²) in [6, 6.07) is 7.29. The molecule has 0 spiro atoms. The molecule has 0 unspecified atom stereocenters. The minimum absolute atomic E-state index is 0.107. The van der Waals surface area contributed by atoms with E-state index in [1.807, 2.05) is 12.1 Å². The monoisotopic (exact) mass is 249 g/mol. The SMILES string of the molecule is C=NCc1ccc(C(=O)NCCOCCN)cc1. The Labute approximate surface area is 107 Å². The molecule has 0 aliphatic carbocycles. The minimum atomic E-state index is -0.107. The number of hydrogen-bond donors (Lipinski definition) is 2. The Balaban J connectivity index is 2.34. The molecule has 0 fully saturated rings. The highest BCUT2D eigenvalue weighted by atomic mass is 16.5. The maximum absolute atomic E-state index is 11.7. The maximum atomic E-state index is 11.7. The molecule has 5 nitrogen and oxygen atoms in total. The molecule has 0 aromatic heterocycles. The van der Waals surface area contributed by atoms with Crippen LogP contribution >= 0.6 is 0 Å². The normalized spacial score (nSPS) is 10.1. The molecule has 1 aromatic carbocycles. The maximum Gasteiger partial charge on any atom is 0.251 e. The lowest BCUT2D eigenvalue weighted by Crippen LogP contribution is -2.27. The van der Waals surface area contributed by atoms with Crippen LogP contribution in [-0.2, 0) is 11.3 Å². The fraction of sp³-hybridized carbons (Fsp3) is 0.385. The van der Waals surface area contributed by atoms with E-state index < -0.39 is 0 Å². The number of ether oxygens (including phenoxy) is 1. The van der Waals surface area contributed by atoms with Crippen molar-refractivity contribution in [2.45, 2.75) is 6.54 Å². The van der Waals surface area contributed by atoms with Crippen molar-refractivity contribution in [2.24, 2.45) is 10.7 Å². The first-order chi connectivity index (χ1) is 8.77. The Morgan fingerprint density at radius 1 is 1.33 bits per heavy atom. The van der Waals surface area contributed by atoms with E-state index in [2.05, 4.69) is 17.0 Å². The Kier molecular flexibility index (Phi) is 6.68. The molecule has 0 radical (unpaired) electrons. The van der Waals surface area contributed by atoms with Crippen LogP contribution in [0.3, 0.4) is 0 Å². The van der Waals surface area contributed by atoms with Crippen molar-refractivity contribution >= 4 is 12.6 Å². The number of carbonyl (C=O) groups is 1. The van der Waals surface area contributed by atoms with Crippen molar-refractivity contribution in [3.05, 3.63) is 35.4 Å². The molecule has 0 saturated heterocycles. The Hall–Kier alpha value is -1.72. The summed E-state index contributed by atoms with van der Waals surface area (Å²) in [6.07, 6.45) is 0. The van der Waals surface area contributed by atoms with Gasteiger partial charge in [0.15, 0.2) is 0 Å². The molecule has 0 bridgehead atoms. The molecular formula is C13H19N3O2. The standard InChI is InChI=1S/C13H19N3O2/c1-15-10-11-2-4-12(5-3-11)13(17)16-7-9-18-8-6-14/h2-5H,1,6-10,14H2,(H,16,17). The highest BCUT2D eigenvalue weighted by molar-refractivity contribution is 5.94. The number of rotatable bonds is 8. The van der Waals surface area contributed by atoms with E-state index >= 15 is 0 Å². The van der Waals surface area contributed by atoms with Gasteiger partial charge in [-0.25, -0.2) is 0 Å². The van der Waals surface area contributed by atoms with Gasteiger partial charge < -0.3 is 15.8 Å². The number of amides is 1. The summed E-state index contributed by atoms with van der Waals surface area (Å²) in [7, 11) is 0. The number of nitrogens with two attached hydrogens (primary N) is 1. The van der Waals surface area contributed by atoms with Gasteiger partial charge in [-0.1, -0.05) is 12.1 Å². The molecule has 0 aliphatic heterocycles. The molecule has 0 saturated carbocycles. The van der Waals surface area contributed by atoms with Gasteiger partial charge in [0.1, 0.15) is 0 Å². The van der Waals surface area contributed by atoms with E-state index in [1.54, 1.807) is 12.1 Å². The number of nitrogens with zero attached hydrogens (tertiary/aromatic N) is 1. The van der Waals surface area contributed by atoms with E-state index in [0.717, 1.165) is 5.56 Å². The van der Waals surface area contributed by atoms with Crippen LogP contribution in [0.15, 0.2) is 29.3 Å². The third-order valence-electron chi connectivity index (χ3n) is 2.30. The van der Waals surface area contributed by atoms with Gasteiger partial charge in [0, 0.05) is 18.7 Å². The predicted molar refractivity (Wildman–Crippen MR) is 71.9 cm³/mol. The molecule has 18 heavy (non-hydrogen) atoms. The molecular weight excluding hydrogens is 230 g/mol. The van der Waals surface area contributed by atoms with Crippen LogP contribution in [0.5, 0.6) is 0 Å². The Bertz CT molecular complexity index is 376. The molecule has 0 aliphatic rings. The van der Waals surface area contributed by atoms with Crippen molar-refractivity contribution in [3.8, 4) is 0 Å². The number of carbonyl (C=O) groups excluding carboxylic acids is 1. The number of hydrogen-bond acceptors (Lipinski definition) is 4. The molecule has 1 aromatic rings. The average Bonchev–Trinajstić information content (AvgIpc) is 2.39. The van der Waals surface area contributed by atoms with Gasteiger partial charge in [0.2, 0.25) is 0 Å². The van der Waals surface area contributed by atoms with Gasteiger partial charge in [-0.05, 0) is 24.4 Å². The largest absolute Gasteiger partial charge is 0.378 e. The molecule has 0 atom stereocenters. The van der Waals surface area contributed by atoms with Gasteiger partial charge >= 0.3 is 0 Å². The van der Waals surface area contributed by atoms with Crippen molar-refractivity contribution in [1.82, 2.24) is 5.32 Å². The third-order valence-corrected chi connectivity index (χ3v) is 2.30. The number of benzene rings is 1. The second-order valence-corrected chi connectivity index (χ2v) is 3.74. The summed E-state index contributed by atoms with van der Waals surface area (Å²) in [4.78, 5) is 15.5. The summed E-state index contributed by atoms with van der Waals surface area (Å²) in [5.41, 5.74) is 6.94. The molecule has 1 amide bonds. The number of aliphatic imine (C=N–C) groups is 1. The fourth-order valence-corrected chi connectivity index (χ4v) is 1.41. The third kappa shape index (κ3) is 5.07. The van der Waals surface area contributed by atoms with E-state index in [0.29, 0.717) is 38.4 Å². The van der Waals surface area contributed by atoms with Crippen LogP contribution in [0.1, 0.15) is 15.9 Å². The zero-order valence-corrected chi connectivity index (χ0v) is 10.4. The van der Waals surface area contributed by atoms with E-state index in [4.69, 9.17) is 10.5 Å². The van der Waals surface area contributed by atoms with Crippen molar-refractivity contribution < 1.29 is 9.53 Å². The Morgan fingerprint density at radius 3 is 2.67 bits per heavy atom. The van der Waals surface area contributed by atoms with Gasteiger partial charge in [-0.2, -0.15) is 0 Å². The van der Waals surface area contributed by atoms with Crippen LogP contribution in [0.25, 0.3) is 0 Å². The van der Waals surface area contributed by atoms with E-state index in [-0.39, 0.29) is 5.91 Å². The van der Waals surface area contributed by atoms with Gasteiger partial charge in [-0.3, -0.25) is 9.79 Å². The zero-order valence-electron chi connectivity index (χ0n) is 10.4. The van der Waals surface area contributed by atoms with Gasteiger partial charge in [0.25, 0.3) is 5.91 Å². The van der Waals surface area contributed by atoms with Crippen molar-refractivity contribution in [1.29, 1.82) is 0 Å². The molecule has 5 heteroatoms. The first-order valence-electron chi connectivity index (χ1n) is 5.85. The lowest BCUT2D eigenvalue weighted by Gasteiger charge is -2.06. The second-order valence-electron chi connectivity index (χ2n) is 3.74. The van der Waals surface area contributed by atoms with E-state index in [9.17, 15) is 4.79 Å². The van der Waals surface area contributed by atoms with Crippen molar-refractivity contribution in [3.63, 3.8) is 0 Å². The summed E-state index contributed by atoms with van der Waals surface area (Å²) >= 11 is 0. The topological polar surface area (TPSA) is 76.7 Å². The highest BCUT2D eigenvalue weighted by Crippen LogP contribution is 2.05. The summed E-state index contributed by atoms with van der Waals surface area (Å²) < 4.78 is 5.16. The van der Waals surface area contributed by atoms with Gasteiger partial charge in [-0.15, -0.1) is 0 Å². The second kappa shape index (κ2) is 8.38. The van der Waals surface area contributed by atoms with Crippen LogP contribution in [0.4, 0.5) is 0 Å². The Morgan fingerprint density at radius 2 is 2.06 bits per heavy atom. The molecule has 3 N–H and O–H groups in total. The average molecular weight is 249 g/mol. The van der Waals surface area contributed by atoms with Crippen LogP contribution in [0.2, 0.25) is 0 Å². The first kappa shape index (κ1) is 14.3. The zero-order chi connectivity index (χ0) is 13.2. The minimum Gasteiger partial charge on any atom is -0.378 e. The van der Waals surface area contributed by atoms with Crippen LogP contribution in [-0.4, -0.2) is 38.9 Å². The van der Waals surface area contributed by atoms with Crippen LogP contribution in [0, 0.1) is 0 Å². The smallest absolute Gasteiger partial charge is 0.251 e. The fourth-order valence-electron chi connectivity index (χ4n) is 1.41. The molecule has 1 rings (SSSR count). The quantitative estimate of drug-likeness (QED) is 0.523. The summed E-state index contributed by atoms with van der Waals surface area (Å²) in [6.45, 7) is 5.95. The molecule has 98 valence electrons. The molecule has 0 heterocycles. The first-order valence-corrected chi connectivity index (χ1v) is 5.85. The number of nitrogens with one attached hydrogen (secondary N) is 1. The summed E-state index contributed by atoms with van der Waals surface area (Å²) in [5.74, 6) is -0.107. The lowest BCUT2D eigenvalue weighted by atomic mass is 10.1. The lowest BCUT2D eigenvalue weighted by molar-refractivity contribution is 0.0920. The van der Waals surface area contributed by atoms with E-state index in [1.165, 1.54) is 0 Å². The van der Waals surface area contributed by atoms with Crippen LogP contribution < -0.4 is 11.1 Å². The summed E-state index contributed by atoms with van der Waals surface area (Å²) in [5, 5.41) is 2.77. The predicted octanol–water partition coefficient (Wildman–Crippen LogP) is 0.592. The highest BCUT2D eigenvalue weighted by Gasteiger charge is 2.04. The van der Waals surface area contributed by atoms with Crippen molar-refractivity contribution in [2.75, 3.05) is 26.3 Å². The van der Waals surface area contributed by atoms with Gasteiger partial charge in [0.05, 0.1) is 19.8 Å².